The molecule has 0 saturated carbocycles. The van der Waals surface area contributed by atoms with E-state index >= 15 is 0 Å². The predicted octanol–water partition coefficient (Wildman–Crippen LogP) is -0.219. The van der Waals surface area contributed by atoms with Crippen molar-refractivity contribution in [3.63, 3.8) is 0 Å². The Morgan fingerprint density at radius 3 is 1.29 bits per heavy atom. The molecule has 0 aromatic heterocycles. The van der Waals surface area contributed by atoms with Gasteiger partial charge in [-0.05, 0) is 35.4 Å². The summed E-state index contributed by atoms with van der Waals surface area (Å²) in [6.07, 6.45) is -0.959. The van der Waals surface area contributed by atoms with Crippen molar-refractivity contribution < 1.29 is 29.5 Å². The molecule has 172 valence electrons. The van der Waals surface area contributed by atoms with Crippen LogP contribution in [-0.2, 0) is 5.41 Å². The highest BCUT2D eigenvalue weighted by Crippen LogP contribution is 2.33. The number of quaternary nitrogens is 2. The van der Waals surface area contributed by atoms with E-state index in [1.807, 2.05) is 52.5 Å². The number of hydrogen-bond donors (Lipinski definition) is 4. The number of nitrogens with one attached hydrogen (secondary N) is 2. The SMILES string of the molecule is C[NH+](C)CC(O)COc1ccc(C(C)(C)c2ccc(OCC(O)C[NH+](C)C)cc2)cc1. The molecule has 0 aliphatic rings. The second kappa shape index (κ2) is 11.5. The van der Waals surface area contributed by atoms with Crippen molar-refractivity contribution in [2.45, 2.75) is 31.5 Å². The summed E-state index contributed by atoms with van der Waals surface area (Å²) >= 11 is 0. The van der Waals surface area contributed by atoms with Crippen LogP contribution in [0.25, 0.3) is 0 Å². The first-order valence-electron chi connectivity index (χ1n) is 11.0. The van der Waals surface area contributed by atoms with Crippen LogP contribution in [0.3, 0.4) is 0 Å². The van der Waals surface area contributed by atoms with Gasteiger partial charge in [0.2, 0.25) is 0 Å². The Balaban J connectivity index is 1.96. The molecule has 0 amide bonds. The van der Waals surface area contributed by atoms with Crippen molar-refractivity contribution in [2.24, 2.45) is 0 Å². The summed E-state index contributed by atoms with van der Waals surface area (Å²) < 4.78 is 11.5. The third-order valence-electron chi connectivity index (χ3n) is 5.32. The van der Waals surface area contributed by atoms with E-state index in [0.717, 1.165) is 11.5 Å². The van der Waals surface area contributed by atoms with Crippen LogP contribution in [0.15, 0.2) is 48.5 Å². The summed E-state index contributed by atoms with van der Waals surface area (Å²) in [4.78, 5) is 2.38. The van der Waals surface area contributed by atoms with Gasteiger partial charge in [0.1, 0.15) is 50.0 Å². The van der Waals surface area contributed by atoms with Gasteiger partial charge in [0.15, 0.2) is 0 Å². The summed E-state index contributed by atoms with van der Waals surface area (Å²) in [5.74, 6) is 1.52. The van der Waals surface area contributed by atoms with Gasteiger partial charge in [0.05, 0.1) is 28.2 Å². The van der Waals surface area contributed by atoms with Gasteiger partial charge in [-0.2, -0.15) is 0 Å². The maximum Gasteiger partial charge on any atom is 0.137 e. The fourth-order valence-corrected chi connectivity index (χ4v) is 3.55. The summed E-state index contributed by atoms with van der Waals surface area (Å²) in [5, 5.41) is 19.9. The molecule has 4 N–H and O–H groups in total. The zero-order valence-electron chi connectivity index (χ0n) is 19.8. The van der Waals surface area contributed by atoms with Gasteiger partial charge < -0.3 is 29.5 Å². The maximum atomic E-state index is 9.97. The van der Waals surface area contributed by atoms with Crippen LogP contribution in [-0.4, -0.2) is 76.9 Å². The van der Waals surface area contributed by atoms with Crippen molar-refractivity contribution in [1.29, 1.82) is 0 Å². The Hall–Kier alpha value is -2.12. The second-order valence-electron chi connectivity index (χ2n) is 9.43. The molecule has 0 fully saturated rings. The lowest BCUT2D eigenvalue weighted by molar-refractivity contribution is -0.861. The predicted molar refractivity (Wildman–Crippen MR) is 123 cm³/mol. The van der Waals surface area contributed by atoms with Gasteiger partial charge in [-0.1, -0.05) is 38.1 Å². The van der Waals surface area contributed by atoms with E-state index in [2.05, 4.69) is 38.1 Å². The molecular formula is C25H40N2O4+2. The van der Waals surface area contributed by atoms with Gasteiger partial charge in [0, 0.05) is 5.41 Å². The fraction of sp³-hybridized carbons (Fsp3) is 0.520. The standard InChI is InChI=1S/C25H38N2O4/c1-25(2,19-7-11-23(12-8-19)30-17-21(28)15-26(3)4)20-9-13-24(14-10-20)31-18-22(29)16-27(5)6/h7-14,21-22,28-29H,15-18H2,1-6H3/p+2. The zero-order chi connectivity index (χ0) is 23.0. The van der Waals surface area contributed by atoms with Crippen molar-refractivity contribution in [2.75, 3.05) is 54.5 Å². The monoisotopic (exact) mass is 432 g/mol. The van der Waals surface area contributed by atoms with Crippen LogP contribution in [0.4, 0.5) is 0 Å². The number of rotatable bonds is 12. The lowest BCUT2D eigenvalue weighted by Crippen LogP contribution is -3.07. The molecule has 0 heterocycles. The highest BCUT2D eigenvalue weighted by Gasteiger charge is 2.23. The minimum absolute atomic E-state index is 0.182. The largest absolute Gasteiger partial charge is 0.491 e. The lowest BCUT2D eigenvalue weighted by Gasteiger charge is -2.26. The molecule has 0 aliphatic heterocycles. The average Bonchev–Trinajstić information content (AvgIpc) is 2.70. The van der Waals surface area contributed by atoms with Gasteiger partial charge in [-0.15, -0.1) is 0 Å². The number of hydrogen-bond acceptors (Lipinski definition) is 4. The minimum atomic E-state index is -0.480. The Morgan fingerprint density at radius 2 is 1.00 bits per heavy atom. The summed E-state index contributed by atoms with van der Waals surface area (Å²) in [7, 11) is 8.03. The topological polar surface area (TPSA) is 67.8 Å². The summed E-state index contributed by atoms with van der Waals surface area (Å²) in [6.45, 7) is 6.26. The third-order valence-corrected chi connectivity index (χ3v) is 5.32. The quantitative estimate of drug-likeness (QED) is 0.375. The van der Waals surface area contributed by atoms with E-state index in [0.29, 0.717) is 26.3 Å². The normalized spacial score (nSPS) is 14.0. The second-order valence-corrected chi connectivity index (χ2v) is 9.43. The first-order chi connectivity index (χ1) is 14.6. The van der Waals surface area contributed by atoms with Crippen molar-refractivity contribution in [1.82, 2.24) is 0 Å². The van der Waals surface area contributed by atoms with E-state index in [1.54, 1.807) is 0 Å². The minimum Gasteiger partial charge on any atom is -0.491 e. The Labute approximate surface area is 187 Å². The van der Waals surface area contributed by atoms with E-state index in [-0.39, 0.29) is 5.41 Å². The molecule has 0 saturated heterocycles. The molecule has 6 nitrogen and oxygen atoms in total. The Morgan fingerprint density at radius 1 is 0.677 bits per heavy atom. The van der Waals surface area contributed by atoms with E-state index in [1.165, 1.54) is 20.9 Å². The van der Waals surface area contributed by atoms with Crippen LogP contribution < -0.4 is 19.3 Å². The fourth-order valence-electron chi connectivity index (χ4n) is 3.55. The molecule has 31 heavy (non-hydrogen) atoms. The molecule has 0 radical (unpaired) electrons. The first kappa shape index (κ1) is 25.1. The van der Waals surface area contributed by atoms with Crippen LogP contribution >= 0.6 is 0 Å². The van der Waals surface area contributed by atoms with E-state index in [9.17, 15) is 10.2 Å². The molecule has 0 spiro atoms. The molecule has 2 atom stereocenters. The highest BCUT2D eigenvalue weighted by molar-refractivity contribution is 5.41. The van der Waals surface area contributed by atoms with Crippen molar-refractivity contribution in [3.8, 4) is 11.5 Å². The van der Waals surface area contributed by atoms with E-state index in [4.69, 9.17) is 9.47 Å². The highest BCUT2D eigenvalue weighted by atomic mass is 16.5. The molecule has 6 heteroatoms. The van der Waals surface area contributed by atoms with Gasteiger partial charge in [-0.3, -0.25) is 0 Å². The van der Waals surface area contributed by atoms with Crippen molar-refractivity contribution in [3.05, 3.63) is 59.7 Å². The zero-order valence-corrected chi connectivity index (χ0v) is 19.8. The molecule has 2 rings (SSSR count). The number of benzene rings is 2. The molecule has 0 aliphatic carbocycles. The van der Waals surface area contributed by atoms with E-state index < -0.39 is 12.2 Å². The number of aliphatic hydroxyl groups excluding tert-OH is 2. The van der Waals surface area contributed by atoms with Crippen LogP contribution in [0.5, 0.6) is 11.5 Å². The molecule has 0 bridgehead atoms. The van der Waals surface area contributed by atoms with Crippen LogP contribution in [0.2, 0.25) is 0 Å². The number of ether oxygens (including phenoxy) is 2. The van der Waals surface area contributed by atoms with Crippen LogP contribution in [0.1, 0.15) is 25.0 Å². The molecule has 2 unspecified atom stereocenters. The average molecular weight is 433 g/mol. The summed E-state index contributed by atoms with van der Waals surface area (Å²) in [6, 6.07) is 16.1. The molecular weight excluding hydrogens is 392 g/mol. The molecule has 2 aromatic carbocycles. The smallest absolute Gasteiger partial charge is 0.137 e. The first-order valence-corrected chi connectivity index (χ1v) is 11.0. The lowest BCUT2D eigenvalue weighted by atomic mass is 9.78. The van der Waals surface area contributed by atoms with Crippen molar-refractivity contribution >= 4 is 0 Å². The Bertz CT molecular complexity index is 708. The summed E-state index contributed by atoms with van der Waals surface area (Å²) in [5.41, 5.74) is 2.17. The third kappa shape index (κ3) is 8.15. The van der Waals surface area contributed by atoms with Gasteiger partial charge in [-0.25, -0.2) is 0 Å². The Kier molecular flexibility index (Phi) is 9.32. The molecule has 2 aromatic rings. The number of likely N-dealkylation sites (N-methyl/N-ethyl adjacent to an activating group) is 2. The maximum absolute atomic E-state index is 9.97. The van der Waals surface area contributed by atoms with Gasteiger partial charge >= 0.3 is 0 Å². The number of aliphatic hydroxyl groups is 2. The van der Waals surface area contributed by atoms with Gasteiger partial charge in [0.25, 0.3) is 0 Å². The van der Waals surface area contributed by atoms with Crippen LogP contribution in [0, 0.1) is 0 Å².